The van der Waals surface area contributed by atoms with Crippen LogP contribution in [0.4, 0.5) is 0 Å². The molecule has 0 atom stereocenters. The molecule has 2 aromatic rings. The fraction of sp³-hybridized carbons (Fsp3) is 0.235. The summed E-state index contributed by atoms with van der Waals surface area (Å²) in [6.45, 7) is 4.66. The fourth-order valence-electron chi connectivity index (χ4n) is 2.04. The largest absolute Gasteiger partial charge is 0.351 e. The topological polar surface area (TPSA) is 29.1 Å². The van der Waals surface area contributed by atoms with Crippen LogP contribution in [0.1, 0.15) is 29.8 Å². The van der Waals surface area contributed by atoms with Crippen LogP contribution in [-0.2, 0) is 5.41 Å². The molecule has 1 amide bonds. The lowest BCUT2D eigenvalue weighted by molar-refractivity contribution is 0.0946. The summed E-state index contributed by atoms with van der Waals surface area (Å²) >= 11 is 11.9. The van der Waals surface area contributed by atoms with Gasteiger partial charge in [0.2, 0.25) is 0 Å². The third kappa shape index (κ3) is 3.99. The molecule has 0 bridgehead atoms. The van der Waals surface area contributed by atoms with Crippen LogP contribution in [0.15, 0.2) is 48.5 Å². The van der Waals surface area contributed by atoms with Gasteiger partial charge in [0.1, 0.15) is 0 Å². The van der Waals surface area contributed by atoms with Crippen molar-refractivity contribution in [1.82, 2.24) is 5.32 Å². The first kappa shape index (κ1) is 15.9. The maximum absolute atomic E-state index is 12.2. The van der Waals surface area contributed by atoms with Gasteiger partial charge in [0, 0.05) is 17.0 Å². The summed E-state index contributed by atoms with van der Waals surface area (Å²) < 4.78 is 0. The molecule has 1 N–H and O–H groups in total. The summed E-state index contributed by atoms with van der Waals surface area (Å²) in [5.74, 6) is -0.164. The number of hydrogen-bond donors (Lipinski definition) is 1. The highest BCUT2D eigenvalue weighted by Gasteiger charge is 2.22. The van der Waals surface area contributed by atoms with Crippen molar-refractivity contribution < 1.29 is 4.79 Å². The summed E-state index contributed by atoms with van der Waals surface area (Å²) in [4.78, 5) is 12.2. The predicted octanol–water partition coefficient (Wildman–Crippen LogP) is 4.70. The van der Waals surface area contributed by atoms with Crippen molar-refractivity contribution in [2.45, 2.75) is 19.3 Å². The molecule has 4 heteroatoms. The molecule has 0 unspecified atom stereocenters. The van der Waals surface area contributed by atoms with E-state index < -0.39 is 0 Å². The molecule has 0 spiro atoms. The Balaban J connectivity index is 2.06. The number of carbonyl (C=O) groups excluding carboxylic acids is 1. The third-order valence-corrected chi connectivity index (χ3v) is 4.02. The van der Waals surface area contributed by atoms with Crippen molar-refractivity contribution in [3.05, 3.63) is 69.7 Å². The van der Waals surface area contributed by atoms with Gasteiger partial charge in [-0.2, -0.15) is 0 Å². The number of rotatable bonds is 4. The SMILES string of the molecule is CC(C)(CNC(=O)c1ccccc1Cl)c1ccc(Cl)cc1. The van der Waals surface area contributed by atoms with Crippen LogP contribution in [-0.4, -0.2) is 12.5 Å². The van der Waals surface area contributed by atoms with Gasteiger partial charge in [0.05, 0.1) is 10.6 Å². The van der Waals surface area contributed by atoms with Crippen LogP contribution < -0.4 is 5.32 Å². The molecule has 0 fully saturated rings. The van der Waals surface area contributed by atoms with Crippen molar-refractivity contribution in [3.63, 3.8) is 0 Å². The quantitative estimate of drug-likeness (QED) is 0.868. The van der Waals surface area contributed by atoms with Gasteiger partial charge in [0.15, 0.2) is 0 Å². The molecule has 0 saturated heterocycles. The molecule has 2 aromatic carbocycles. The van der Waals surface area contributed by atoms with E-state index in [-0.39, 0.29) is 11.3 Å². The van der Waals surface area contributed by atoms with Crippen molar-refractivity contribution in [1.29, 1.82) is 0 Å². The number of halogens is 2. The van der Waals surface area contributed by atoms with E-state index in [0.29, 0.717) is 22.2 Å². The van der Waals surface area contributed by atoms with Crippen LogP contribution in [0.3, 0.4) is 0 Å². The van der Waals surface area contributed by atoms with Crippen LogP contribution in [0.5, 0.6) is 0 Å². The van der Waals surface area contributed by atoms with E-state index in [1.807, 2.05) is 24.3 Å². The maximum Gasteiger partial charge on any atom is 0.252 e. The standard InChI is InChI=1S/C17H17Cl2NO/c1-17(2,12-7-9-13(18)10-8-12)11-20-16(21)14-5-3-4-6-15(14)19/h3-10H,11H2,1-2H3,(H,20,21). The van der Waals surface area contributed by atoms with E-state index >= 15 is 0 Å². The molecular weight excluding hydrogens is 305 g/mol. The molecule has 21 heavy (non-hydrogen) atoms. The predicted molar refractivity (Wildman–Crippen MR) is 88.3 cm³/mol. The Labute approximate surface area is 135 Å². The van der Waals surface area contributed by atoms with E-state index in [0.717, 1.165) is 5.56 Å². The second kappa shape index (κ2) is 6.50. The molecular formula is C17H17Cl2NO. The molecule has 0 aliphatic rings. The highest BCUT2D eigenvalue weighted by atomic mass is 35.5. The Morgan fingerprint density at radius 2 is 1.67 bits per heavy atom. The Morgan fingerprint density at radius 3 is 2.29 bits per heavy atom. The van der Waals surface area contributed by atoms with Gasteiger partial charge in [-0.15, -0.1) is 0 Å². The van der Waals surface area contributed by atoms with Crippen molar-refractivity contribution in [2.75, 3.05) is 6.54 Å². The van der Waals surface area contributed by atoms with E-state index in [9.17, 15) is 4.79 Å². The Morgan fingerprint density at radius 1 is 1.05 bits per heavy atom. The summed E-state index contributed by atoms with van der Waals surface area (Å²) in [6.07, 6.45) is 0. The number of amides is 1. The monoisotopic (exact) mass is 321 g/mol. The second-order valence-corrected chi connectivity index (χ2v) is 6.40. The van der Waals surface area contributed by atoms with Gasteiger partial charge < -0.3 is 5.32 Å². The zero-order chi connectivity index (χ0) is 15.5. The van der Waals surface area contributed by atoms with E-state index in [1.54, 1.807) is 24.3 Å². The Bertz CT molecular complexity index is 635. The van der Waals surface area contributed by atoms with Crippen molar-refractivity contribution in [2.24, 2.45) is 0 Å². The molecule has 0 radical (unpaired) electrons. The first-order valence-electron chi connectivity index (χ1n) is 6.69. The Hall–Kier alpha value is -1.51. The minimum atomic E-state index is -0.193. The molecule has 0 aliphatic heterocycles. The van der Waals surface area contributed by atoms with Gasteiger partial charge in [-0.3, -0.25) is 4.79 Å². The summed E-state index contributed by atoms with van der Waals surface area (Å²) in [6, 6.07) is 14.7. The van der Waals surface area contributed by atoms with Crippen LogP contribution in [0.2, 0.25) is 10.0 Å². The maximum atomic E-state index is 12.2. The van der Waals surface area contributed by atoms with Crippen LogP contribution >= 0.6 is 23.2 Å². The first-order valence-corrected chi connectivity index (χ1v) is 7.44. The van der Waals surface area contributed by atoms with Crippen molar-refractivity contribution in [3.8, 4) is 0 Å². The molecule has 2 nitrogen and oxygen atoms in total. The highest BCUT2D eigenvalue weighted by Crippen LogP contribution is 2.24. The lowest BCUT2D eigenvalue weighted by atomic mass is 9.84. The molecule has 0 heterocycles. The number of nitrogens with one attached hydrogen (secondary N) is 1. The lowest BCUT2D eigenvalue weighted by Gasteiger charge is -2.26. The van der Waals surface area contributed by atoms with Crippen molar-refractivity contribution >= 4 is 29.1 Å². The molecule has 2 rings (SSSR count). The molecule has 110 valence electrons. The smallest absolute Gasteiger partial charge is 0.252 e. The van der Waals surface area contributed by atoms with Gasteiger partial charge >= 0.3 is 0 Å². The summed E-state index contributed by atoms with van der Waals surface area (Å²) in [7, 11) is 0. The second-order valence-electron chi connectivity index (χ2n) is 5.55. The fourth-order valence-corrected chi connectivity index (χ4v) is 2.39. The van der Waals surface area contributed by atoms with Gasteiger partial charge in [-0.05, 0) is 29.8 Å². The van der Waals surface area contributed by atoms with Gasteiger partial charge in [0.25, 0.3) is 5.91 Å². The number of benzene rings is 2. The van der Waals surface area contributed by atoms with E-state index in [1.165, 1.54) is 0 Å². The molecule has 0 aliphatic carbocycles. The van der Waals surface area contributed by atoms with Gasteiger partial charge in [-0.25, -0.2) is 0 Å². The van der Waals surface area contributed by atoms with E-state index in [2.05, 4.69) is 19.2 Å². The van der Waals surface area contributed by atoms with Crippen LogP contribution in [0.25, 0.3) is 0 Å². The Kier molecular flexibility index (Phi) is 4.92. The average molecular weight is 322 g/mol. The third-order valence-electron chi connectivity index (χ3n) is 3.44. The number of carbonyl (C=O) groups is 1. The molecule has 0 saturated carbocycles. The normalized spacial score (nSPS) is 11.2. The first-order chi connectivity index (χ1) is 9.90. The van der Waals surface area contributed by atoms with Crippen LogP contribution in [0, 0.1) is 0 Å². The average Bonchev–Trinajstić information content (AvgIpc) is 2.46. The minimum Gasteiger partial charge on any atom is -0.351 e. The number of hydrogen-bond acceptors (Lipinski definition) is 1. The summed E-state index contributed by atoms with van der Waals surface area (Å²) in [5, 5.41) is 4.10. The minimum absolute atomic E-state index is 0.164. The molecule has 0 aromatic heterocycles. The highest BCUT2D eigenvalue weighted by molar-refractivity contribution is 6.33. The van der Waals surface area contributed by atoms with Gasteiger partial charge in [-0.1, -0.05) is 61.3 Å². The zero-order valence-corrected chi connectivity index (χ0v) is 13.5. The van der Waals surface area contributed by atoms with E-state index in [4.69, 9.17) is 23.2 Å². The lowest BCUT2D eigenvalue weighted by Crippen LogP contribution is -2.36. The zero-order valence-electron chi connectivity index (χ0n) is 12.0. The summed E-state index contributed by atoms with van der Waals surface area (Å²) in [5.41, 5.74) is 1.42.